The summed E-state index contributed by atoms with van der Waals surface area (Å²) < 4.78 is 8.73. The van der Waals surface area contributed by atoms with Crippen LogP contribution >= 0.6 is 0 Å². The zero-order valence-corrected chi connectivity index (χ0v) is 14.8. The van der Waals surface area contributed by atoms with Crippen molar-refractivity contribution in [2.45, 2.75) is 45.7 Å². The van der Waals surface area contributed by atoms with Crippen LogP contribution in [0.5, 0.6) is 0 Å². The summed E-state index contributed by atoms with van der Waals surface area (Å²) in [6, 6.07) is 0. The largest absolute Gasteiger partial charge is 0.428 e. The molecule has 0 saturated heterocycles. The van der Waals surface area contributed by atoms with Crippen LogP contribution in [-0.2, 0) is 28.7 Å². The van der Waals surface area contributed by atoms with Gasteiger partial charge in [-0.3, -0.25) is 4.79 Å². The summed E-state index contributed by atoms with van der Waals surface area (Å²) in [6.07, 6.45) is -2.58. The van der Waals surface area contributed by atoms with E-state index in [2.05, 4.69) is 9.47 Å². The molecular formula is C16H22O10. The molecule has 0 amide bonds. The van der Waals surface area contributed by atoms with Crippen molar-refractivity contribution < 1.29 is 49.1 Å². The normalized spacial score (nSPS) is 16.9. The average molecular weight is 374 g/mol. The van der Waals surface area contributed by atoms with E-state index >= 15 is 0 Å². The van der Waals surface area contributed by atoms with E-state index in [4.69, 9.17) is 5.11 Å². The summed E-state index contributed by atoms with van der Waals surface area (Å²) in [4.78, 5) is 47.5. The van der Waals surface area contributed by atoms with Gasteiger partial charge in [-0.25, -0.2) is 14.4 Å². The van der Waals surface area contributed by atoms with Gasteiger partial charge in [-0.05, 0) is 27.7 Å². The van der Waals surface area contributed by atoms with Crippen LogP contribution in [0.2, 0.25) is 0 Å². The Bertz CT molecular complexity index is 633. The summed E-state index contributed by atoms with van der Waals surface area (Å²) in [6.45, 7) is 4.25. The summed E-state index contributed by atoms with van der Waals surface area (Å²) in [5, 5.41) is 38.5. The van der Waals surface area contributed by atoms with Crippen molar-refractivity contribution in [3.63, 3.8) is 0 Å². The number of carbonyl (C=O) groups excluding carboxylic acids is 4. The molecule has 0 aromatic carbocycles. The fourth-order valence-electron chi connectivity index (χ4n) is 1.42. The Morgan fingerprint density at radius 3 is 1.88 bits per heavy atom. The van der Waals surface area contributed by atoms with Gasteiger partial charge in [-0.1, -0.05) is 12.2 Å². The molecule has 0 aliphatic rings. The minimum Gasteiger partial charge on any atom is -0.428 e. The molecule has 0 bridgehead atoms. The zero-order chi connectivity index (χ0) is 20.7. The van der Waals surface area contributed by atoms with Gasteiger partial charge < -0.3 is 29.9 Å². The van der Waals surface area contributed by atoms with Gasteiger partial charge in [0.1, 0.15) is 6.10 Å². The maximum atomic E-state index is 12.1. The monoisotopic (exact) mass is 374 g/mol. The second-order valence-corrected chi connectivity index (χ2v) is 5.21. The van der Waals surface area contributed by atoms with Gasteiger partial charge in [-0.15, -0.1) is 0 Å². The van der Waals surface area contributed by atoms with Crippen molar-refractivity contribution in [3.05, 3.63) is 23.3 Å². The van der Waals surface area contributed by atoms with Gasteiger partial charge in [-0.2, -0.15) is 0 Å². The lowest BCUT2D eigenvalue weighted by Gasteiger charge is -2.29. The molecule has 10 heteroatoms. The number of aliphatic hydroxyl groups excluding tert-OH is 3. The van der Waals surface area contributed by atoms with Crippen molar-refractivity contribution in [3.8, 4) is 0 Å². The highest BCUT2D eigenvalue weighted by Gasteiger charge is 2.57. The van der Waals surface area contributed by atoms with Crippen LogP contribution in [0, 0.1) is 0 Å². The molecule has 0 radical (unpaired) electrons. The number of rotatable bonds is 8. The molecule has 0 saturated carbocycles. The highest BCUT2D eigenvalue weighted by Crippen LogP contribution is 2.20. The van der Waals surface area contributed by atoms with E-state index in [1.807, 2.05) is 0 Å². The van der Waals surface area contributed by atoms with Crippen molar-refractivity contribution in [1.29, 1.82) is 0 Å². The summed E-state index contributed by atoms with van der Waals surface area (Å²) >= 11 is 0. The zero-order valence-electron chi connectivity index (χ0n) is 14.8. The first kappa shape index (κ1) is 23.6. The number of ketones is 1. The van der Waals surface area contributed by atoms with Crippen LogP contribution in [0.1, 0.15) is 27.7 Å². The third-order valence-corrected chi connectivity index (χ3v) is 3.43. The standard InChI is InChI=1S/C16H22O10/c1-5-8(3)12(20)25-14(22)16(24,11(19)10(18)7-17)15(23)26-13(21)9(4)6-2/h5-6,10,14,17-18,22,24H,7H2,1-4H3/b8-5+,9-6+. The van der Waals surface area contributed by atoms with E-state index < -0.39 is 48.3 Å². The Morgan fingerprint density at radius 2 is 1.46 bits per heavy atom. The predicted octanol–water partition coefficient (Wildman–Crippen LogP) is -1.50. The Morgan fingerprint density at radius 1 is 1.00 bits per heavy atom. The minimum absolute atomic E-state index is 0.0317. The van der Waals surface area contributed by atoms with E-state index in [-0.39, 0.29) is 11.1 Å². The molecule has 4 N–H and O–H groups in total. The lowest BCUT2D eigenvalue weighted by atomic mass is 9.93. The van der Waals surface area contributed by atoms with Crippen molar-refractivity contribution in [1.82, 2.24) is 0 Å². The summed E-state index contributed by atoms with van der Waals surface area (Å²) in [7, 11) is 0. The summed E-state index contributed by atoms with van der Waals surface area (Å²) in [5.74, 6) is -6.24. The predicted molar refractivity (Wildman–Crippen MR) is 85.1 cm³/mol. The maximum Gasteiger partial charge on any atom is 0.360 e. The second-order valence-electron chi connectivity index (χ2n) is 5.21. The van der Waals surface area contributed by atoms with E-state index in [1.165, 1.54) is 39.8 Å². The van der Waals surface area contributed by atoms with Crippen LogP contribution < -0.4 is 0 Å². The maximum absolute atomic E-state index is 12.1. The van der Waals surface area contributed by atoms with E-state index in [1.54, 1.807) is 0 Å². The number of Topliss-reactive ketones (excluding diaryl/α,β-unsaturated/α-hetero) is 1. The molecule has 0 aliphatic carbocycles. The molecular weight excluding hydrogens is 352 g/mol. The lowest BCUT2D eigenvalue weighted by molar-refractivity contribution is -0.223. The van der Waals surface area contributed by atoms with Gasteiger partial charge in [0.2, 0.25) is 12.1 Å². The third-order valence-electron chi connectivity index (χ3n) is 3.43. The van der Waals surface area contributed by atoms with E-state index in [0.29, 0.717) is 0 Å². The molecule has 10 nitrogen and oxygen atoms in total. The van der Waals surface area contributed by atoms with Crippen LogP contribution in [0.15, 0.2) is 23.3 Å². The number of aliphatic hydroxyl groups is 4. The highest BCUT2D eigenvalue weighted by atomic mass is 16.7. The molecule has 0 heterocycles. The van der Waals surface area contributed by atoms with Crippen molar-refractivity contribution in [2.75, 3.05) is 6.61 Å². The molecule has 3 unspecified atom stereocenters. The van der Waals surface area contributed by atoms with Gasteiger partial charge in [0, 0.05) is 11.1 Å². The third kappa shape index (κ3) is 5.30. The molecule has 146 valence electrons. The first-order chi connectivity index (χ1) is 12.0. The van der Waals surface area contributed by atoms with Gasteiger partial charge in [0.15, 0.2) is 0 Å². The van der Waals surface area contributed by atoms with E-state index in [9.17, 15) is 34.5 Å². The van der Waals surface area contributed by atoms with Crippen LogP contribution in [-0.4, -0.2) is 68.7 Å². The number of hydrogen-bond donors (Lipinski definition) is 4. The van der Waals surface area contributed by atoms with Crippen molar-refractivity contribution in [2.24, 2.45) is 0 Å². The summed E-state index contributed by atoms with van der Waals surface area (Å²) in [5.41, 5.74) is -3.74. The Labute approximate surface area is 149 Å². The fraction of sp³-hybridized carbons (Fsp3) is 0.500. The molecule has 3 atom stereocenters. The van der Waals surface area contributed by atoms with Crippen LogP contribution in [0.3, 0.4) is 0 Å². The fourth-order valence-corrected chi connectivity index (χ4v) is 1.42. The molecule has 0 rings (SSSR count). The number of carbonyl (C=O) groups is 4. The number of esters is 3. The molecule has 0 spiro atoms. The highest BCUT2D eigenvalue weighted by molar-refractivity contribution is 6.13. The lowest BCUT2D eigenvalue weighted by Crippen LogP contribution is -2.62. The number of hydrogen-bond acceptors (Lipinski definition) is 10. The Balaban J connectivity index is 5.83. The SMILES string of the molecule is C/C=C(\C)C(=O)OC(=O)C(O)(C(=O)C(O)CO)C(O)OC(=O)/C(C)=C/C. The first-order valence-electron chi connectivity index (χ1n) is 7.44. The quantitative estimate of drug-likeness (QED) is 0.170. The molecule has 0 aromatic heterocycles. The van der Waals surface area contributed by atoms with Gasteiger partial charge in [0.05, 0.1) is 6.61 Å². The van der Waals surface area contributed by atoms with Crippen LogP contribution in [0.4, 0.5) is 0 Å². The minimum atomic E-state index is -3.64. The Kier molecular flexibility index (Phi) is 9.01. The van der Waals surface area contributed by atoms with Gasteiger partial charge in [0.25, 0.3) is 5.60 Å². The van der Waals surface area contributed by atoms with E-state index in [0.717, 1.165) is 0 Å². The smallest absolute Gasteiger partial charge is 0.360 e. The first-order valence-corrected chi connectivity index (χ1v) is 7.44. The number of ether oxygens (including phenoxy) is 2. The Hall–Kier alpha value is -2.40. The molecule has 0 fully saturated rings. The number of allylic oxidation sites excluding steroid dienone is 2. The van der Waals surface area contributed by atoms with Gasteiger partial charge >= 0.3 is 17.9 Å². The van der Waals surface area contributed by atoms with Crippen molar-refractivity contribution >= 4 is 23.7 Å². The van der Waals surface area contributed by atoms with Crippen LogP contribution in [0.25, 0.3) is 0 Å². The topological polar surface area (TPSA) is 168 Å². The molecule has 0 aromatic rings. The second kappa shape index (κ2) is 9.92. The molecule has 26 heavy (non-hydrogen) atoms. The molecule has 0 aliphatic heterocycles. The average Bonchev–Trinajstić information content (AvgIpc) is 2.63.